The van der Waals surface area contributed by atoms with Gasteiger partial charge < -0.3 is 24.9 Å². The van der Waals surface area contributed by atoms with Crippen LogP contribution in [0.3, 0.4) is 0 Å². The van der Waals surface area contributed by atoms with Crippen LogP contribution in [0.1, 0.15) is 15.9 Å². The lowest BCUT2D eigenvalue weighted by atomic mass is 10.1. The molecular weight excluding hydrogens is 364 g/mol. The number of benzene rings is 2. The molecule has 0 fully saturated rings. The molecule has 0 aliphatic heterocycles. The van der Waals surface area contributed by atoms with Crippen molar-refractivity contribution in [2.45, 2.75) is 6.92 Å². The van der Waals surface area contributed by atoms with Crippen LogP contribution in [0.15, 0.2) is 52.7 Å². The number of anilines is 1. The monoisotopic (exact) mass is 379 g/mol. The molecule has 2 N–H and O–H groups in total. The third-order valence-electron chi connectivity index (χ3n) is 4.09. The molecule has 1 aromatic heterocycles. The highest BCUT2D eigenvalue weighted by Crippen LogP contribution is 2.38. The number of aryl methyl sites for hydroxylation is 2. The molecule has 3 rings (SSSR count). The number of carbonyl (C=O) groups is 3. The number of aromatic nitrogens is 1. The van der Waals surface area contributed by atoms with Gasteiger partial charge in [0, 0.05) is 18.1 Å². The number of nitrogens with one attached hydrogen (secondary N) is 1. The van der Waals surface area contributed by atoms with E-state index in [9.17, 15) is 24.6 Å². The Balaban J connectivity index is 1.82. The summed E-state index contributed by atoms with van der Waals surface area (Å²) in [5.74, 6) is -3.92. The van der Waals surface area contributed by atoms with Gasteiger partial charge in [-0.2, -0.15) is 0 Å². The standard InChI is InChI=1S/C19H16N4O5/c1-10-6-7-14-13(8-10)15(18(26)23(14)2)21-22-17(25)16(24)20-12-5-3-4-11(9-12)19(27)28/h3-9,26H,1-2H3,(H,20,24)(H,27,28)/p-1. The fourth-order valence-electron chi connectivity index (χ4n) is 2.67. The van der Waals surface area contributed by atoms with Gasteiger partial charge in [0.25, 0.3) is 0 Å². The number of aromatic hydroxyl groups is 1. The molecule has 0 bridgehead atoms. The van der Waals surface area contributed by atoms with Crippen molar-refractivity contribution < 1.29 is 24.6 Å². The molecule has 3 aromatic rings. The first-order chi connectivity index (χ1) is 13.3. The van der Waals surface area contributed by atoms with Gasteiger partial charge >= 0.3 is 11.8 Å². The highest BCUT2D eigenvalue weighted by molar-refractivity contribution is 6.40. The predicted molar refractivity (Wildman–Crippen MR) is 98.2 cm³/mol. The molecule has 0 radical (unpaired) electrons. The summed E-state index contributed by atoms with van der Waals surface area (Å²) in [5.41, 5.74) is 1.63. The number of hydrogen-bond donors (Lipinski definition) is 2. The zero-order valence-electron chi connectivity index (χ0n) is 15.0. The average molecular weight is 379 g/mol. The zero-order valence-corrected chi connectivity index (χ0v) is 15.0. The molecule has 0 aliphatic carbocycles. The molecule has 142 valence electrons. The van der Waals surface area contributed by atoms with Gasteiger partial charge in [-0.15, -0.1) is 10.2 Å². The third kappa shape index (κ3) is 3.58. The van der Waals surface area contributed by atoms with Crippen molar-refractivity contribution >= 4 is 40.1 Å². The van der Waals surface area contributed by atoms with Gasteiger partial charge in [0.2, 0.25) is 5.88 Å². The fraction of sp³-hybridized carbons (Fsp3) is 0.105. The summed E-state index contributed by atoms with van der Waals surface area (Å²) >= 11 is 0. The van der Waals surface area contributed by atoms with Crippen molar-refractivity contribution in [1.29, 1.82) is 0 Å². The van der Waals surface area contributed by atoms with Crippen LogP contribution in [0.4, 0.5) is 11.4 Å². The Hall–Kier alpha value is -4.01. The number of nitrogens with zero attached hydrogens (tertiary/aromatic N) is 3. The number of aromatic carboxylic acids is 1. The molecule has 0 saturated heterocycles. The van der Waals surface area contributed by atoms with Crippen LogP contribution < -0.4 is 10.4 Å². The van der Waals surface area contributed by atoms with Gasteiger partial charge in [-0.3, -0.25) is 9.59 Å². The van der Waals surface area contributed by atoms with Crippen LogP contribution in [-0.2, 0) is 16.6 Å². The smallest absolute Gasteiger partial charge is 0.353 e. The van der Waals surface area contributed by atoms with Crippen molar-refractivity contribution in [2.75, 3.05) is 5.32 Å². The molecule has 2 amide bonds. The summed E-state index contributed by atoms with van der Waals surface area (Å²) in [6, 6.07) is 10.7. The molecule has 9 nitrogen and oxygen atoms in total. The molecule has 1 heterocycles. The molecule has 0 spiro atoms. The van der Waals surface area contributed by atoms with E-state index in [1.165, 1.54) is 22.8 Å². The first-order valence-corrected chi connectivity index (χ1v) is 8.14. The van der Waals surface area contributed by atoms with Gasteiger partial charge in [-0.05, 0) is 36.8 Å². The van der Waals surface area contributed by atoms with Crippen molar-refractivity contribution in [3.63, 3.8) is 0 Å². The summed E-state index contributed by atoms with van der Waals surface area (Å²) in [6.45, 7) is 1.86. The largest absolute Gasteiger partial charge is 0.545 e. The zero-order chi connectivity index (χ0) is 20.4. The Morgan fingerprint density at radius 1 is 1.14 bits per heavy atom. The predicted octanol–water partition coefficient (Wildman–Crippen LogP) is 1.80. The topological polar surface area (TPSA) is 136 Å². The minimum absolute atomic E-state index is 0.0706. The molecule has 0 aliphatic rings. The van der Waals surface area contributed by atoms with E-state index >= 15 is 0 Å². The van der Waals surface area contributed by atoms with E-state index in [1.807, 2.05) is 13.0 Å². The number of fused-ring (bicyclic) bond motifs is 1. The summed E-state index contributed by atoms with van der Waals surface area (Å²) in [7, 11) is 1.63. The van der Waals surface area contributed by atoms with E-state index in [0.29, 0.717) is 10.9 Å². The van der Waals surface area contributed by atoms with Crippen LogP contribution in [0.2, 0.25) is 0 Å². The molecule has 9 heteroatoms. The van der Waals surface area contributed by atoms with Gasteiger partial charge in [0.05, 0.1) is 11.5 Å². The highest BCUT2D eigenvalue weighted by atomic mass is 16.4. The van der Waals surface area contributed by atoms with E-state index in [2.05, 4.69) is 15.5 Å². The summed E-state index contributed by atoms with van der Waals surface area (Å²) < 4.78 is 1.49. The number of carboxylic acid groups (broad SMARTS) is 1. The number of azo groups is 1. The van der Waals surface area contributed by atoms with E-state index in [-0.39, 0.29) is 22.8 Å². The van der Waals surface area contributed by atoms with Crippen molar-refractivity contribution in [3.8, 4) is 5.88 Å². The Labute approximate surface area is 158 Å². The van der Waals surface area contributed by atoms with Crippen LogP contribution >= 0.6 is 0 Å². The van der Waals surface area contributed by atoms with Crippen LogP contribution in [0, 0.1) is 6.92 Å². The van der Waals surface area contributed by atoms with Crippen LogP contribution in [0.5, 0.6) is 5.88 Å². The molecule has 28 heavy (non-hydrogen) atoms. The van der Waals surface area contributed by atoms with Gasteiger partial charge in [-0.25, -0.2) is 0 Å². The lowest BCUT2D eigenvalue weighted by molar-refractivity contribution is -0.255. The van der Waals surface area contributed by atoms with E-state index in [1.54, 1.807) is 19.2 Å². The molecule has 0 atom stereocenters. The summed E-state index contributed by atoms with van der Waals surface area (Å²) in [5, 5.41) is 31.0. The van der Waals surface area contributed by atoms with Crippen LogP contribution in [0.25, 0.3) is 10.9 Å². The number of carbonyl (C=O) groups excluding carboxylic acids is 3. The Kier molecular flexibility index (Phi) is 4.90. The second-order valence-corrected chi connectivity index (χ2v) is 6.08. The quantitative estimate of drug-likeness (QED) is 0.528. The lowest BCUT2D eigenvalue weighted by Gasteiger charge is -2.06. The van der Waals surface area contributed by atoms with Crippen LogP contribution in [-0.4, -0.2) is 27.5 Å². The molecule has 0 saturated carbocycles. The number of hydrogen-bond acceptors (Lipinski definition) is 6. The number of carboxylic acids is 1. The Bertz CT molecular complexity index is 1150. The maximum atomic E-state index is 12.0. The Morgan fingerprint density at radius 3 is 2.61 bits per heavy atom. The maximum absolute atomic E-state index is 12.0. The first-order valence-electron chi connectivity index (χ1n) is 8.14. The van der Waals surface area contributed by atoms with Gasteiger partial charge in [-0.1, -0.05) is 23.8 Å². The van der Waals surface area contributed by atoms with Crippen molar-refractivity contribution in [3.05, 3.63) is 53.6 Å². The third-order valence-corrected chi connectivity index (χ3v) is 4.09. The maximum Gasteiger partial charge on any atom is 0.353 e. The Morgan fingerprint density at radius 2 is 1.89 bits per heavy atom. The van der Waals surface area contributed by atoms with E-state index < -0.39 is 17.8 Å². The van der Waals surface area contributed by atoms with Crippen molar-refractivity contribution in [2.24, 2.45) is 17.3 Å². The minimum atomic E-state index is -1.41. The first kappa shape index (κ1) is 18.8. The summed E-state index contributed by atoms with van der Waals surface area (Å²) in [6.07, 6.45) is 0. The fourth-order valence-corrected chi connectivity index (χ4v) is 2.67. The van der Waals surface area contributed by atoms with Crippen molar-refractivity contribution in [1.82, 2.24) is 4.57 Å². The second-order valence-electron chi connectivity index (χ2n) is 6.08. The van der Waals surface area contributed by atoms with E-state index in [4.69, 9.17) is 0 Å². The number of amides is 2. The van der Waals surface area contributed by atoms with Gasteiger partial charge in [0.1, 0.15) is 0 Å². The average Bonchev–Trinajstić information content (AvgIpc) is 2.89. The van der Waals surface area contributed by atoms with Gasteiger partial charge in [0.15, 0.2) is 5.69 Å². The molecule has 0 unspecified atom stereocenters. The highest BCUT2D eigenvalue weighted by Gasteiger charge is 2.17. The molecular formula is C19H15N4O5-. The summed E-state index contributed by atoms with van der Waals surface area (Å²) in [4.78, 5) is 34.8. The normalized spacial score (nSPS) is 11.1. The lowest BCUT2D eigenvalue weighted by Crippen LogP contribution is -2.23. The molecule has 2 aromatic carbocycles. The minimum Gasteiger partial charge on any atom is -0.545 e. The number of rotatable bonds is 3. The SMILES string of the molecule is Cc1ccc2c(c1)c(N=NC(=O)C(=O)Nc1cccc(C(=O)[O-])c1)c(O)n2C. The second kappa shape index (κ2) is 7.31. The van der Waals surface area contributed by atoms with E-state index in [0.717, 1.165) is 11.6 Å².